The Bertz CT molecular complexity index is 414. The van der Waals surface area contributed by atoms with Gasteiger partial charge >= 0.3 is 0 Å². The largest absolute Gasteiger partial charge is 0.487 e. The molecule has 0 N–H and O–H groups in total. The van der Waals surface area contributed by atoms with Crippen molar-refractivity contribution < 1.29 is 13.5 Å². The van der Waals surface area contributed by atoms with Crippen molar-refractivity contribution in [1.29, 1.82) is 0 Å². The summed E-state index contributed by atoms with van der Waals surface area (Å²) in [6.45, 7) is 1.52. The van der Waals surface area contributed by atoms with E-state index in [0.29, 0.717) is 17.6 Å². The summed E-state index contributed by atoms with van der Waals surface area (Å²) >= 11 is 0. The molecule has 0 aromatic heterocycles. The number of ether oxygens (including phenoxy) is 1. The number of halogens is 2. The Morgan fingerprint density at radius 2 is 2.00 bits per heavy atom. The maximum atomic E-state index is 13.7. The molecule has 0 amide bonds. The van der Waals surface area contributed by atoms with Crippen molar-refractivity contribution in [2.24, 2.45) is 11.8 Å². The van der Waals surface area contributed by atoms with Crippen LogP contribution in [0.4, 0.5) is 8.78 Å². The summed E-state index contributed by atoms with van der Waals surface area (Å²) in [7, 11) is 0. The van der Waals surface area contributed by atoms with Gasteiger partial charge in [-0.1, -0.05) is 44.0 Å². The van der Waals surface area contributed by atoms with Crippen LogP contribution in [0.3, 0.4) is 0 Å². The van der Waals surface area contributed by atoms with E-state index in [9.17, 15) is 8.78 Å². The summed E-state index contributed by atoms with van der Waals surface area (Å²) < 4.78 is 32.5. The van der Waals surface area contributed by atoms with Crippen molar-refractivity contribution in [3.63, 3.8) is 0 Å². The van der Waals surface area contributed by atoms with Gasteiger partial charge in [-0.15, -0.1) is 0 Å². The summed E-state index contributed by atoms with van der Waals surface area (Å²) in [6, 6.07) is 8.72. The summed E-state index contributed by atoms with van der Waals surface area (Å²) in [6.07, 6.45) is 5.99. The van der Waals surface area contributed by atoms with Gasteiger partial charge in [0.15, 0.2) is 6.61 Å². The van der Waals surface area contributed by atoms with Gasteiger partial charge in [-0.2, -0.15) is 8.78 Å². The van der Waals surface area contributed by atoms with E-state index in [2.05, 4.69) is 6.92 Å². The molecule has 19 heavy (non-hydrogen) atoms. The Balaban J connectivity index is 1.86. The Kier molecular flexibility index (Phi) is 4.56. The Labute approximate surface area is 113 Å². The standard InChI is InChI=1S/C16H20F2O/c1-13-6-5-7-14(13)10-11-16(17,18)12-19-15-8-3-2-4-9-15/h2-4,8-11,13-14H,5-7,12H2,1H3/b11-10+. The molecule has 3 heteroatoms. The fraction of sp³-hybridized carbons (Fsp3) is 0.500. The maximum absolute atomic E-state index is 13.7. The number of para-hydroxylation sites is 1. The van der Waals surface area contributed by atoms with Gasteiger partial charge in [0.1, 0.15) is 5.75 Å². The topological polar surface area (TPSA) is 9.23 Å². The van der Waals surface area contributed by atoms with Gasteiger partial charge in [-0.3, -0.25) is 0 Å². The van der Waals surface area contributed by atoms with Gasteiger partial charge in [-0.25, -0.2) is 0 Å². The van der Waals surface area contributed by atoms with Crippen LogP contribution in [0.15, 0.2) is 42.5 Å². The lowest BCUT2D eigenvalue weighted by molar-refractivity contribution is 0.00457. The Morgan fingerprint density at radius 3 is 2.63 bits per heavy atom. The summed E-state index contributed by atoms with van der Waals surface area (Å²) in [5, 5.41) is 0. The molecule has 2 rings (SSSR count). The van der Waals surface area contributed by atoms with E-state index < -0.39 is 12.5 Å². The van der Waals surface area contributed by atoms with E-state index in [1.807, 2.05) is 6.07 Å². The third-order valence-electron chi connectivity index (χ3n) is 3.69. The molecule has 0 heterocycles. The van der Waals surface area contributed by atoms with Gasteiger partial charge in [0.25, 0.3) is 5.92 Å². The van der Waals surface area contributed by atoms with Crippen LogP contribution in [0, 0.1) is 11.8 Å². The number of hydrogen-bond acceptors (Lipinski definition) is 1. The van der Waals surface area contributed by atoms with Crippen LogP contribution < -0.4 is 4.74 Å². The second kappa shape index (κ2) is 6.18. The highest BCUT2D eigenvalue weighted by molar-refractivity contribution is 5.21. The van der Waals surface area contributed by atoms with Crippen molar-refractivity contribution in [1.82, 2.24) is 0 Å². The average molecular weight is 266 g/mol. The van der Waals surface area contributed by atoms with Crippen molar-refractivity contribution >= 4 is 0 Å². The fourth-order valence-corrected chi connectivity index (χ4v) is 2.47. The molecule has 104 valence electrons. The average Bonchev–Trinajstić information content (AvgIpc) is 2.81. The lowest BCUT2D eigenvalue weighted by Gasteiger charge is -2.15. The number of benzene rings is 1. The van der Waals surface area contributed by atoms with E-state index in [0.717, 1.165) is 25.3 Å². The molecule has 0 aliphatic heterocycles. The predicted molar refractivity (Wildman–Crippen MR) is 72.5 cm³/mol. The normalized spacial score (nSPS) is 23.9. The lowest BCUT2D eigenvalue weighted by Crippen LogP contribution is -2.23. The summed E-state index contributed by atoms with van der Waals surface area (Å²) in [5.41, 5.74) is 0. The molecule has 1 fully saturated rings. The SMILES string of the molecule is CC1CCCC1/C=C/C(F)(F)COc1ccccc1. The molecule has 1 aliphatic rings. The zero-order valence-corrected chi connectivity index (χ0v) is 11.2. The first-order chi connectivity index (χ1) is 9.07. The quantitative estimate of drug-likeness (QED) is 0.702. The maximum Gasteiger partial charge on any atom is 0.299 e. The molecule has 1 saturated carbocycles. The predicted octanol–water partition coefficient (Wildman–Crippen LogP) is 4.69. The molecule has 0 saturated heterocycles. The van der Waals surface area contributed by atoms with Crippen molar-refractivity contribution in [3.05, 3.63) is 42.5 Å². The van der Waals surface area contributed by atoms with Crippen LogP contribution in [0.2, 0.25) is 0 Å². The second-order valence-electron chi connectivity index (χ2n) is 5.29. The minimum absolute atomic E-state index is 0.294. The molecule has 0 spiro atoms. The molecule has 2 unspecified atom stereocenters. The third-order valence-corrected chi connectivity index (χ3v) is 3.69. The molecule has 2 atom stereocenters. The second-order valence-corrected chi connectivity index (χ2v) is 5.29. The van der Waals surface area contributed by atoms with Crippen LogP contribution in [-0.4, -0.2) is 12.5 Å². The number of rotatable bonds is 5. The highest BCUT2D eigenvalue weighted by atomic mass is 19.3. The smallest absolute Gasteiger partial charge is 0.299 e. The molecule has 1 aromatic carbocycles. The van der Waals surface area contributed by atoms with Crippen LogP contribution in [-0.2, 0) is 0 Å². The molecular formula is C16H20F2O. The molecule has 0 bridgehead atoms. The minimum atomic E-state index is -2.90. The van der Waals surface area contributed by atoms with E-state index >= 15 is 0 Å². The van der Waals surface area contributed by atoms with Crippen LogP contribution >= 0.6 is 0 Å². The van der Waals surface area contributed by atoms with E-state index in [1.165, 1.54) is 0 Å². The highest BCUT2D eigenvalue weighted by Gasteiger charge is 2.28. The van der Waals surface area contributed by atoms with E-state index in [1.54, 1.807) is 30.3 Å². The van der Waals surface area contributed by atoms with Crippen LogP contribution in [0.5, 0.6) is 5.75 Å². The van der Waals surface area contributed by atoms with E-state index in [-0.39, 0.29) is 0 Å². The molecule has 1 aliphatic carbocycles. The summed E-state index contributed by atoms with van der Waals surface area (Å²) in [4.78, 5) is 0. The van der Waals surface area contributed by atoms with Crippen molar-refractivity contribution in [2.45, 2.75) is 32.1 Å². The molecule has 0 radical (unpaired) electrons. The first kappa shape index (κ1) is 14.0. The van der Waals surface area contributed by atoms with Crippen molar-refractivity contribution in [3.8, 4) is 5.75 Å². The fourth-order valence-electron chi connectivity index (χ4n) is 2.47. The Morgan fingerprint density at radius 1 is 1.26 bits per heavy atom. The zero-order valence-electron chi connectivity index (χ0n) is 11.2. The minimum Gasteiger partial charge on any atom is -0.487 e. The third kappa shape index (κ3) is 4.34. The molecule has 1 aromatic rings. The van der Waals surface area contributed by atoms with Crippen molar-refractivity contribution in [2.75, 3.05) is 6.61 Å². The zero-order chi connectivity index (χ0) is 13.7. The number of alkyl halides is 2. The van der Waals surface area contributed by atoms with Crippen LogP contribution in [0.1, 0.15) is 26.2 Å². The first-order valence-electron chi connectivity index (χ1n) is 6.82. The number of allylic oxidation sites excluding steroid dienone is 1. The molecular weight excluding hydrogens is 246 g/mol. The van der Waals surface area contributed by atoms with Gasteiger partial charge in [0.05, 0.1) is 0 Å². The number of hydrogen-bond donors (Lipinski definition) is 0. The van der Waals surface area contributed by atoms with Gasteiger partial charge in [0, 0.05) is 0 Å². The summed E-state index contributed by atoms with van der Waals surface area (Å²) in [5.74, 6) is -1.62. The van der Waals surface area contributed by atoms with Gasteiger partial charge in [0.2, 0.25) is 0 Å². The van der Waals surface area contributed by atoms with Gasteiger partial charge in [-0.05, 0) is 36.5 Å². The van der Waals surface area contributed by atoms with Gasteiger partial charge < -0.3 is 4.74 Å². The Hall–Kier alpha value is -1.38. The highest BCUT2D eigenvalue weighted by Crippen LogP contribution is 2.33. The monoisotopic (exact) mass is 266 g/mol. The first-order valence-corrected chi connectivity index (χ1v) is 6.82. The van der Waals surface area contributed by atoms with E-state index in [4.69, 9.17) is 4.74 Å². The van der Waals surface area contributed by atoms with Crippen LogP contribution in [0.25, 0.3) is 0 Å². The lowest BCUT2D eigenvalue weighted by atomic mass is 9.97. The molecule has 1 nitrogen and oxygen atoms in total.